The molecule has 0 amide bonds. The van der Waals surface area contributed by atoms with E-state index in [1.807, 2.05) is 19.9 Å². The molecule has 0 aliphatic heterocycles. The molecule has 5 N–H and O–H groups in total. The molecule has 0 fully saturated rings. The molecule has 0 spiro atoms. The average molecular weight is 474 g/mol. The van der Waals surface area contributed by atoms with Crippen molar-refractivity contribution in [2.45, 2.75) is 43.9 Å². The summed E-state index contributed by atoms with van der Waals surface area (Å²) in [7, 11) is -4.07. The average Bonchev–Trinajstić information content (AvgIpc) is 3.32. The second-order valence-corrected chi connectivity index (χ2v) is 10.8. The fourth-order valence-corrected chi connectivity index (χ4v) is 5.04. The number of nitrogens with one attached hydrogen (secondary N) is 2. The standard InChI is InChI=1S/C17H23N5O5S3/c1-8(2)10-5-12(27-6-10)13(9(3)4)20-16-15(21-29(24)22-16)19-11-7-28-17(14(11)23)30(18,25)26/h5-9,13,23H,1-4H3,(H,19,21)(H,20,22)(H2,18,25,26)/t13-,29?/m1/s1. The van der Waals surface area contributed by atoms with E-state index in [4.69, 9.17) is 9.56 Å². The van der Waals surface area contributed by atoms with E-state index in [2.05, 4.69) is 33.2 Å². The van der Waals surface area contributed by atoms with E-state index < -0.39 is 26.9 Å². The van der Waals surface area contributed by atoms with Crippen molar-refractivity contribution in [3.8, 4) is 5.75 Å². The molecule has 0 saturated heterocycles. The molecule has 3 aromatic heterocycles. The van der Waals surface area contributed by atoms with Crippen molar-refractivity contribution < 1.29 is 22.5 Å². The lowest BCUT2D eigenvalue weighted by atomic mass is 9.99. The number of nitrogens with zero attached hydrogens (tertiary/aromatic N) is 2. The summed E-state index contributed by atoms with van der Waals surface area (Å²) >= 11 is -1.10. The van der Waals surface area contributed by atoms with Gasteiger partial charge in [-0.15, -0.1) is 11.3 Å². The van der Waals surface area contributed by atoms with Gasteiger partial charge < -0.3 is 24.7 Å². The van der Waals surface area contributed by atoms with Crippen LogP contribution in [0.25, 0.3) is 0 Å². The van der Waals surface area contributed by atoms with Crippen LogP contribution in [-0.2, 0) is 10.0 Å². The molecular formula is C17H23N5O5S3. The van der Waals surface area contributed by atoms with Crippen LogP contribution >= 0.6 is 22.5 Å². The van der Waals surface area contributed by atoms with Gasteiger partial charge in [0.15, 0.2) is 21.1 Å². The van der Waals surface area contributed by atoms with Crippen molar-refractivity contribution in [1.29, 1.82) is 0 Å². The van der Waals surface area contributed by atoms with Crippen LogP contribution in [0.3, 0.4) is 0 Å². The minimum absolute atomic E-state index is 0.0670. The zero-order valence-corrected chi connectivity index (χ0v) is 19.2. The minimum atomic E-state index is -4.07. The normalized spacial score (nSPS) is 13.8. The Labute approximate surface area is 181 Å². The van der Waals surface area contributed by atoms with Crippen LogP contribution in [0.2, 0.25) is 0 Å². The molecule has 0 aromatic carbocycles. The van der Waals surface area contributed by atoms with Crippen LogP contribution in [0.5, 0.6) is 5.75 Å². The summed E-state index contributed by atoms with van der Waals surface area (Å²) in [4.78, 5) is 0. The molecule has 3 rings (SSSR count). The zero-order valence-electron chi connectivity index (χ0n) is 16.7. The van der Waals surface area contributed by atoms with Crippen LogP contribution in [0, 0.1) is 5.92 Å². The Morgan fingerprint density at radius 3 is 2.47 bits per heavy atom. The van der Waals surface area contributed by atoms with Crippen LogP contribution in [-0.4, -0.2) is 26.8 Å². The molecule has 3 heterocycles. The summed E-state index contributed by atoms with van der Waals surface area (Å²) in [6.07, 6.45) is 1.71. The predicted octanol–water partition coefficient (Wildman–Crippen LogP) is 3.89. The van der Waals surface area contributed by atoms with Crippen LogP contribution in [0.4, 0.5) is 17.3 Å². The van der Waals surface area contributed by atoms with E-state index in [0.29, 0.717) is 11.7 Å². The van der Waals surface area contributed by atoms with Crippen molar-refractivity contribution in [3.05, 3.63) is 29.0 Å². The Bertz CT molecular complexity index is 1130. The summed E-state index contributed by atoms with van der Waals surface area (Å²) in [6.45, 7) is 8.12. The SMILES string of the molecule is CC(C)c1coc([C@H](Nc2n[s+]([O-])nc2Nc2csc(S(N)(=O)=O)c2O)C(C)C)c1. The van der Waals surface area contributed by atoms with Crippen LogP contribution in [0.1, 0.15) is 51.0 Å². The second-order valence-electron chi connectivity index (χ2n) is 7.37. The van der Waals surface area contributed by atoms with Gasteiger partial charge in [0, 0.05) is 14.1 Å². The summed E-state index contributed by atoms with van der Waals surface area (Å²) in [6, 6.07) is 1.68. The number of furan rings is 1. The maximum atomic E-state index is 11.9. The molecule has 0 bridgehead atoms. The van der Waals surface area contributed by atoms with Gasteiger partial charge in [-0.2, -0.15) is 0 Å². The number of hydrogen-bond donors (Lipinski definition) is 4. The van der Waals surface area contributed by atoms with E-state index in [1.54, 1.807) is 6.26 Å². The Kier molecular flexibility index (Phi) is 6.38. The maximum absolute atomic E-state index is 11.9. The Morgan fingerprint density at radius 2 is 1.93 bits per heavy atom. The molecule has 0 radical (unpaired) electrons. The number of rotatable bonds is 8. The maximum Gasteiger partial charge on any atom is 0.251 e. The van der Waals surface area contributed by atoms with Gasteiger partial charge in [0.25, 0.3) is 10.0 Å². The first-order valence-electron chi connectivity index (χ1n) is 9.02. The van der Waals surface area contributed by atoms with Gasteiger partial charge in [0.1, 0.15) is 5.76 Å². The number of hydrogen-bond acceptors (Lipinski definition) is 10. The Hall–Kier alpha value is -2.19. The fourth-order valence-electron chi connectivity index (χ4n) is 2.74. The highest BCUT2D eigenvalue weighted by molar-refractivity contribution is 7.91. The number of sulfonamides is 1. The molecule has 164 valence electrons. The quantitative estimate of drug-likeness (QED) is 0.355. The topological polar surface area (TPSA) is 166 Å². The number of aromatic nitrogens is 2. The summed E-state index contributed by atoms with van der Waals surface area (Å²) < 4.78 is 48.2. The molecule has 0 aliphatic carbocycles. The largest absolute Gasteiger partial charge is 0.546 e. The summed E-state index contributed by atoms with van der Waals surface area (Å²) in [5, 5.41) is 22.6. The van der Waals surface area contributed by atoms with Gasteiger partial charge in [0.05, 0.1) is 18.0 Å². The Balaban J connectivity index is 1.89. The Morgan fingerprint density at radius 1 is 1.27 bits per heavy atom. The van der Waals surface area contributed by atoms with Crippen molar-refractivity contribution in [3.63, 3.8) is 0 Å². The molecule has 2 atom stereocenters. The predicted molar refractivity (Wildman–Crippen MR) is 115 cm³/mol. The number of primary sulfonamides is 1. The van der Waals surface area contributed by atoms with Gasteiger partial charge in [-0.3, -0.25) is 0 Å². The minimum Gasteiger partial charge on any atom is -0.546 e. The molecule has 10 nitrogen and oxygen atoms in total. The molecule has 13 heteroatoms. The molecule has 3 aromatic rings. The first-order valence-corrected chi connectivity index (χ1v) is 12.5. The third-order valence-electron chi connectivity index (χ3n) is 4.38. The molecule has 0 aliphatic rings. The van der Waals surface area contributed by atoms with E-state index in [-0.39, 0.29) is 33.5 Å². The van der Waals surface area contributed by atoms with Gasteiger partial charge >= 0.3 is 0 Å². The van der Waals surface area contributed by atoms with E-state index in [9.17, 15) is 18.1 Å². The number of anilines is 3. The first kappa shape index (κ1) is 22.5. The van der Waals surface area contributed by atoms with E-state index >= 15 is 0 Å². The lowest BCUT2D eigenvalue weighted by molar-refractivity contribution is 0.420. The molecule has 1 unspecified atom stereocenters. The molecular weight excluding hydrogens is 450 g/mol. The first-order chi connectivity index (χ1) is 14.0. The lowest BCUT2D eigenvalue weighted by Crippen LogP contribution is -2.17. The number of aromatic hydroxyl groups is 1. The van der Waals surface area contributed by atoms with Crippen molar-refractivity contribution >= 4 is 49.8 Å². The summed E-state index contributed by atoms with van der Waals surface area (Å²) in [5.41, 5.74) is 1.12. The summed E-state index contributed by atoms with van der Waals surface area (Å²) in [5.74, 6) is 0.872. The fraction of sp³-hybridized carbons (Fsp3) is 0.412. The monoisotopic (exact) mass is 473 g/mol. The highest BCUT2D eigenvalue weighted by atomic mass is 32.2. The highest BCUT2D eigenvalue weighted by Crippen LogP contribution is 2.40. The lowest BCUT2D eigenvalue weighted by Gasteiger charge is -2.19. The third-order valence-corrected chi connectivity index (χ3v) is 7.51. The van der Waals surface area contributed by atoms with Crippen LogP contribution < -0.4 is 15.8 Å². The van der Waals surface area contributed by atoms with E-state index in [0.717, 1.165) is 16.9 Å². The number of thiophene rings is 1. The second kappa shape index (κ2) is 8.51. The number of nitrogens with two attached hydrogens (primary N) is 1. The zero-order chi connectivity index (χ0) is 22.2. The van der Waals surface area contributed by atoms with Gasteiger partial charge in [0.2, 0.25) is 11.6 Å². The molecule has 0 saturated carbocycles. The van der Waals surface area contributed by atoms with Crippen molar-refractivity contribution in [2.24, 2.45) is 11.1 Å². The van der Waals surface area contributed by atoms with Crippen molar-refractivity contribution in [1.82, 2.24) is 8.75 Å². The smallest absolute Gasteiger partial charge is 0.251 e. The van der Waals surface area contributed by atoms with Crippen LogP contribution in [0.15, 0.2) is 26.3 Å². The van der Waals surface area contributed by atoms with Gasteiger partial charge in [-0.25, -0.2) is 13.6 Å². The van der Waals surface area contributed by atoms with E-state index in [1.165, 1.54) is 5.38 Å². The third kappa shape index (κ3) is 4.75. The molecule has 30 heavy (non-hydrogen) atoms. The van der Waals surface area contributed by atoms with Gasteiger partial charge in [-0.05, 0) is 23.5 Å². The van der Waals surface area contributed by atoms with Crippen molar-refractivity contribution in [2.75, 3.05) is 10.6 Å². The highest BCUT2D eigenvalue weighted by Gasteiger charge is 2.27. The van der Waals surface area contributed by atoms with Gasteiger partial charge in [-0.1, -0.05) is 27.7 Å².